The van der Waals surface area contributed by atoms with Gasteiger partial charge in [-0.25, -0.2) is 0 Å². The van der Waals surface area contributed by atoms with E-state index in [-0.39, 0.29) is 24.0 Å². The molecular weight excluding hydrogens is 436 g/mol. The summed E-state index contributed by atoms with van der Waals surface area (Å²) >= 11 is 0. The Kier molecular flexibility index (Phi) is 8.66. The first kappa shape index (κ1) is 26.5. The summed E-state index contributed by atoms with van der Waals surface area (Å²) in [4.78, 5) is 11.2. The van der Waals surface area contributed by atoms with E-state index in [0.717, 1.165) is 36.8 Å². The lowest BCUT2D eigenvalue weighted by molar-refractivity contribution is -0.248. The van der Waals surface area contributed by atoms with Crippen molar-refractivity contribution in [3.05, 3.63) is 34.4 Å². The predicted octanol–water partition coefficient (Wildman–Crippen LogP) is 4.45. The molecule has 0 radical (unpaired) electrons. The number of esters is 1. The molecule has 7 nitrogen and oxygen atoms in total. The van der Waals surface area contributed by atoms with Gasteiger partial charge in [0.25, 0.3) is 0 Å². The van der Waals surface area contributed by atoms with Crippen molar-refractivity contribution in [1.29, 1.82) is 0 Å². The van der Waals surface area contributed by atoms with Crippen LogP contribution in [-0.4, -0.2) is 52.5 Å². The third-order valence-corrected chi connectivity index (χ3v) is 7.16. The highest BCUT2D eigenvalue weighted by Crippen LogP contribution is 2.51. The number of aryl methyl sites for hydroxylation is 1. The Morgan fingerprint density at radius 2 is 1.94 bits per heavy atom. The van der Waals surface area contributed by atoms with Crippen LogP contribution in [0.15, 0.2) is 17.7 Å². The molecule has 1 heterocycles. The van der Waals surface area contributed by atoms with Gasteiger partial charge in [0.2, 0.25) is 6.29 Å². The fraction of sp³-hybridized carbons (Fsp3) is 0.667. The number of aromatic hydroxyl groups is 1. The Hall–Kier alpha value is -2.09. The fourth-order valence-corrected chi connectivity index (χ4v) is 5.26. The molecule has 2 aliphatic rings. The Bertz CT molecular complexity index is 905. The van der Waals surface area contributed by atoms with Crippen LogP contribution in [-0.2, 0) is 14.3 Å². The van der Waals surface area contributed by atoms with Crippen molar-refractivity contribution < 1.29 is 34.3 Å². The van der Waals surface area contributed by atoms with E-state index < -0.39 is 30.6 Å². The number of benzene rings is 1. The largest absolute Gasteiger partial charge is 0.504 e. The minimum Gasteiger partial charge on any atom is -0.504 e. The number of hydrogen-bond acceptors (Lipinski definition) is 7. The van der Waals surface area contributed by atoms with Crippen molar-refractivity contribution in [2.24, 2.45) is 5.92 Å². The first-order valence-corrected chi connectivity index (χ1v) is 12.3. The van der Waals surface area contributed by atoms with Crippen molar-refractivity contribution in [3.63, 3.8) is 0 Å². The van der Waals surface area contributed by atoms with Crippen molar-refractivity contribution in [1.82, 2.24) is 0 Å². The number of aliphatic hydroxyl groups is 2. The molecular formula is C27H40O7. The lowest BCUT2D eigenvalue weighted by atomic mass is 9.70. The maximum atomic E-state index is 11.3. The number of ether oxygens (including phenoxy) is 3. The average Bonchev–Trinajstić information content (AvgIpc) is 2.75. The van der Waals surface area contributed by atoms with E-state index in [1.165, 1.54) is 18.1 Å². The molecule has 3 rings (SSSR count). The van der Waals surface area contributed by atoms with E-state index in [1.807, 2.05) is 6.92 Å². The molecule has 34 heavy (non-hydrogen) atoms. The molecule has 7 atom stereocenters. The molecule has 0 bridgehead atoms. The van der Waals surface area contributed by atoms with Crippen molar-refractivity contribution in [2.75, 3.05) is 6.61 Å². The number of carbonyl (C=O) groups excluding carboxylic acids is 1. The van der Waals surface area contributed by atoms with Gasteiger partial charge in [0.05, 0.1) is 6.61 Å². The second kappa shape index (κ2) is 11.1. The van der Waals surface area contributed by atoms with E-state index in [9.17, 15) is 20.1 Å². The van der Waals surface area contributed by atoms with Crippen LogP contribution in [0.3, 0.4) is 0 Å². The van der Waals surface area contributed by atoms with Crippen LogP contribution in [0, 0.1) is 12.8 Å². The molecule has 0 aromatic heterocycles. The molecule has 1 fully saturated rings. The molecule has 1 aromatic carbocycles. The van der Waals surface area contributed by atoms with E-state index in [1.54, 1.807) is 0 Å². The number of aliphatic hydroxyl groups excluding tert-OH is 2. The number of allylic oxidation sites excluding steroid dienone is 2. The SMILES string of the molecule is CC(=O)O[C@@H]1CO[C@H](Oc2c(C)cc3c(c2O)[C@@H](C)CC[C@@H]3[C@@H](C)CCC=C(C)C)[C@@H](O)[C@@H]1O. The highest BCUT2D eigenvalue weighted by atomic mass is 16.7. The van der Waals surface area contributed by atoms with Crippen molar-refractivity contribution in [2.45, 2.75) is 104 Å². The first-order valence-electron chi connectivity index (χ1n) is 12.3. The van der Waals surface area contributed by atoms with Gasteiger partial charge in [-0.15, -0.1) is 0 Å². The number of phenols is 1. The molecule has 1 aliphatic heterocycles. The standard InChI is InChI=1S/C27H40O7/c1-14(2)8-7-9-15(3)19-11-10-16(4)22-20(19)12-17(5)26(24(22)30)34-27-25(31)23(29)21(13-32-27)33-18(6)28/h8,12,15-16,19,21,23,25,27,29-31H,7,9-11,13H2,1-6H3/t15-,16-,19+,21+,23+,25-,27+/m0/s1. The maximum absolute atomic E-state index is 11.3. The van der Waals surface area contributed by atoms with Gasteiger partial charge in [-0.3, -0.25) is 4.79 Å². The predicted molar refractivity (Wildman–Crippen MR) is 129 cm³/mol. The van der Waals surface area contributed by atoms with Crippen LogP contribution in [0.1, 0.15) is 88.8 Å². The Labute approximate surface area is 202 Å². The quantitative estimate of drug-likeness (QED) is 0.394. The summed E-state index contributed by atoms with van der Waals surface area (Å²) < 4.78 is 16.5. The minimum atomic E-state index is -1.44. The molecule has 3 N–H and O–H groups in total. The van der Waals surface area contributed by atoms with Gasteiger partial charge in [0.15, 0.2) is 17.6 Å². The molecule has 1 saturated heterocycles. The zero-order chi connectivity index (χ0) is 25.2. The first-order chi connectivity index (χ1) is 16.0. The molecule has 0 saturated carbocycles. The monoisotopic (exact) mass is 476 g/mol. The van der Waals surface area contributed by atoms with E-state index in [0.29, 0.717) is 11.8 Å². The average molecular weight is 477 g/mol. The zero-order valence-electron chi connectivity index (χ0n) is 21.2. The summed E-state index contributed by atoms with van der Waals surface area (Å²) in [6.45, 7) is 11.6. The highest BCUT2D eigenvalue weighted by Gasteiger charge is 2.42. The third-order valence-electron chi connectivity index (χ3n) is 7.16. The zero-order valence-corrected chi connectivity index (χ0v) is 21.2. The molecule has 0 unspecified atom stereocenters. The van der Waals surface area contributed by atoms with E-state index >= 15 is 0 Å². The van der Waals surface area contributed by atoms with Crippen LogP contribution < -0.4 is 4.74 Å². The molecule has 7 heteroatoms. The second-order valence-electron chi connectivity index (χ2n) is 10.2. The van der Waals surface area contributed by atoms with Gasteiger partial charge in [-0.05, 0) is 75.3 Å². The van der Waals surface area contributed by atoms with Crippen LogP contribution in [0.4, 0.5) is 0 Å². The Balaban J connectivity index is 1.83. The molecule has 1 aromatic rings. The van der Waals surface area contributed by atoms with Crippen LogP contribution in [0.2, 0.25) is 0 Å². The third kappa shape index (κ3) is 5.75. The van der Waals surface area contributed by atoms with E-state index in [2.05, 4.69) is 39.8 Å². The van der Waals surface area contributed by atoms with Crippen molar-refractivity contribution in [3.8, 4) is 11.5 Å². The topological polar surface area (TPSA) is 105 Å². The van der Waals surface area contributed by atoms with Crippen molar-refractivity contribution >= 4 is 5.97 Å². The molecule has 0 amide bonds. The van der Waals surface area contributed by atoms with Crippen LogP contribution in [0.5, 0.6) is 11.5 Å². The molecule has 190 valence electrons. The summed E-state index contributed by atoms with van der Waals surface area (Å²) in [5, 5.41) is 32.2. The lowest BCUT2D eigenvalue weighted by Crippen LogP contribution is -2.56. The van der Waals surface area contributed by atoms with Gasteiger partial charge in [-0.2, -0.15) is 0 Å². The smallest absolute Gasteiger partial charge is 0.303 e. The normalized spacial score (nSPS) is 29.6. The Morgan fingerprint density at radius 3 is 2.59 bits per heavy atom. The van der Waals surface area contributed by atoms with Gasteiger partial charge in [0, 0.05) is 12.5 Å². The van der Waals surface area contributed by atoms with Gasteiger partial charge in [0.1, 0.15) is 12.2 Å². The maximum Gasteiger partial charge on any atom is 0.303 e. The number of rotatable bonds is 7. The minimum absolute atomic E-state index is 0.0797. The summed E-state index contributed by atoms with van der Waals surface area (Å²) in [5.74, 6) is 0.778. The van der Waals surface area contributed by atoms with Gasteiger partial charge in [-0.1, -0.05) is 31.6 Å². The number of hydrogen-bond donors (Lipinski definition) is 3. The summed E-state index contributed by atoms with van der Waals surface area (Å²) in [7, 11) is 0. The highest BCUT2D eigenvalue weighted by molar-refractivity contribution is 5.66. The fourth-order valence-electron chi connectivity index (χ4n) is 5.26. The number of fused-ring (bicyclic) bond motifs is 1. The Morgan fingerprint density at radius 1 is 1.24 bits per heavy atom. The van der Waals surface area contributed by atoms with Crippen LogP contribution in [0.25, 0.3) is 0 Å². The summed E-state index contributed by atoms with van der Waals surface area (Å²) in [5.41, 5.74) is 4.15. The summed E-state index contributed by atoms with van der Waals surface area (Å²) in [6, 6.07) is 2.09. The van der Waals surface area contributed by atoms with E-state index in [4.69, 9.17) is 14.2 Å². The lowest BCUT2D eigenvalue weighted by Gasteiger charge is -2.38. The molecule has 1 aliphatic carbocycles. The summed E-state index contributed by atoms with van der Waals surface area (Å²) in [6.07, 6.45) is 1.51. The van der Waals surface area contributed by atoms with Gasteiger partial charge >= 0.3 is 5.97 Å². The number of phenolic OH excluding ortho intramolecular Hbond substituents is 1. The number of carbonyl (C=O) groups is 1. The van der Waals surface area contributed by atoms with Gasteiger partial charge < -0.3 is 29.5 Å². The second-order valence-corrected chi connectivity index (χ2v) is 10.2. The van der Waals surface area contributed by atoms with Crippen LogP contribution >= 0.6 is 0 Å². The molecule has 0 spiro atoms.